The highest BCUT2D eigenvalue weighted by molar-refractivity contribution is 9.10. The Morgan fingerprint density at radius 2 is 2.05 bits per heavy atom. The largest absolute Gasteiger partial charge is 0.357 e. The number of hydrogen-bond donors (Lipinski definition) is 2. The molecular weight excluding hydrogens is 309 g/mol. The summed E-state index contributed by atoms with van der Waals surface area (Å²) in [5.41, 5.74) is 0.841. The van der Waals surface area contributed by atoms with Gasteiger partial charge in [0.1, 0.15) is 5.82 Å². The molecule has 0 aromatic heterocycles. The van der Waals surface area contributed by atoms with Crippen LogP contribution in [0, 0.1) is 11.7 Å². The summed E-state index contributed by atoms with van der Waals surface area (Å²) < 4.78 is 14.0. The molecule has 0 saturated carbocycles. The maximum Gasteiger partial charge on any atom is 0.191 e. The van der Waals surface area contributed by atoms with Crippen molar-refractivity contribution in [1.82, 2.24) is 10.6 Å². The van der Waals surface area contributed by atoms with E-state index in [2.05, 4.69) is 45.4 Å². The Bertz CT molecular complexity index is 412. The molecule has 0 radical (unpaired) electrons. The van der Waals surface area contributed by atoms with Crippen LogP contribution in [0.15, 0.2) is 27.7 Å². The van der Waals surface area contributed by atoms with E-state index in [0.717, 1.165) is 29.1 Å². The number of hydrogen-bond acceptors (Lipinski definition) is 1. The van der Waals surface area contributed by atoms with Gasteiger partial charge in [-0.15, -0.1) is 0 Å². The molecule has 2 N–H and O–H groups in total. The highest BCUT2D eigenvalue weighted by Crippen LogP contribution is 2.15. The first-order chi connectivity index (χ1) is 9.01. The molecule has 1 rings (SSSR count). The average Bonchev–Trinajstić information content (AvgIpc) is 2.31. The second-order valence-electron chi connectivity index (χ2n) is 4.75. The van der Waals surface area contributed by atoms with Crippen LogP contribution in [0.25, 0.3) is 0 Å². The lowest BCUT2D eigenvalue weighted by Gasteiger charge is -2.13. The predicted molar refractivity (Wildman–Crippen MR) is 81.8 cm³/mol. The molecule has 0 bridgehead atoms. The second-order valence-corrected chi connectivity index (χ2v) is 5.66. The number of nitrogens with one attached hydrogen (secondary N) is 2. The van der Waals surface area contributed by atoms with E-state index in [1.807, 2.05) is 13.0 Å². The van der Waals surface area contributed by atoms with Crippen molar-refractivity contribution >= 4 is 21.9 Å². The maximum absolute atomic E-state index is 13.2. The number of aliphatic imine (C=N–C) groups is 1. The molecule has 106 valence electrons. The summed E-state index contributed by atoms with van der Waals surface area (Å²) in [5.74, 6) is 1.06. The van der Waals surface area contributed by atoms with Gasteiger partial charge in [0.2, 0.25) is 0 Å². The van der Waals surface area contributed by atoms with Gasteiger partial charge in [-0.2, -0.15) is 0 Å². The molecule has 1 aromatic carbocycles. The van der Waals surface area contributed by atoms with E-state index < -0.39 is 0 Å². The van der Waals surface area contributed by atoms with Crippen LogP contribution in [0.1, 0.15) is 26.3 Å². The minimum Gasteiger partial charge on any atom is -0.357 e. The molecule has 5 heteroatoms. The van der Waals surface area contributed by atoms with Crippen LogP contribution < -0.4 is 10.6 Å². The second kappa shape index (κ2) is 8.15. The molecule has 0 aliphatic carbocycles. The summed E-state index contributed by atoms with van der Waals surface area (Å²) in [6, 6.07) is 4.81. The zero-order valence-corrected chi connectivity index (χ0v) is 13.2. The lowest BCUT2D eigenvalue weighted by molar-refractivity contribution is 0.614. The fraction of sp³-hybridized carbons (Fsp3) is 0.500. The van der Waals surface area contributed by atoms with Crippen molar-refractivity contribution in [3.63, 3.8) is 0 Å². The topological polar surface area (TPSA) is 36.4 Å². The third-order valence-corrected chi connectivity index (χ3v) is 2.82. The molecule has 0 aliphatic rings. The van der Waals surface area contributed by atoms with E-state index in [9.17, 15) is 4.39 Å². The molecule has 0 heterocycles. The molecule has 19 heavy (non-hydrogen) atoms. The monoisotopic (exact) mass is 329 g/mol. The Kier molecular flexibility index (Phi) is 6.84. The van der Waals surface area contributed by atoms with E-state index >= 15 is 0 Å². The molecule has 0 unspecified atom stereocenters. The van der Waals surface area contributed by atoms with Gasteiger partial charge >= 0.3 is 0 Å². The SMILES string of the molecule is CCNC(=NCc1cc(F)cc(Br)c1)NCC(C)C. The molecule has 0 saturated heterocycles. The highest BCUT2D eigenvalue weighted by atomic mass is 79.9. The third kappa shape index (κ3) is 6.57. The van der Waals surface area contributed by atoms with Gasteiger partial charge in [0.05, 0.1) is 6.54 Å². The van der Waals surface area contributed by atoms with Crippen molar-refractivity contribution in [3.8, 4) is 0 Å². The van der Waals surface area contributed by atoms with E-state index in [4.69, 9.17) is 0 Å². The Balaban J connectivity index is 2.68. The Labute approximate surface area is 122 Å². The fourth-order valence-electron chi connectivity index (χ4n) is 1.52. The van der Waals surface area contributed by atoms with Crippen molar-refractivity contribution < 1.29 is 4.39 Å². The normalized spacial score (nSPS) is 11.8. The van der Waals surface area contributed by atoms with E-state index in [1.165, 1.54) is 12.1 Å². The molecule has 0 fully saturated rings. The first kappa shape index (κ1) is 16.0. The number of benzene rings is 1. The quantitative estimate of drug-likeness (QED) is 0.642. The zero-order valence-electron chi connectivity index (χ0n) is 11.6. The van der Waals surface area contributed by atoms with E-state index in [-0.39, 0.29) is 5.82 Å². The van der Waals surface area contributed by atoms with Crippen molar-refractivity contribution in [1.29, 1.82) is 0 Å². The molecule has 0 aliphatic heterocycles. The third-order valence-electron chi connectivity index (χ3n) is 2.36. The lowest BCUT2D eigenvalue weighted by atomic mass is 10.2. The molecule has 3 nitrogen and oxygen atoms in total. The van der Waals surface area contributed by atoms with Crippen LogP contribution in [0.5, 0.6) is 0 Å². The summed E-state index contributed by atoms with van der Waals surface area (Å²) in [6.07, 6.45) is 0. The van der Waals surface area contributed by atoms with Gasteiger partial charge < -0.3 is 10.6 Å². The lowest BCUT2D eigenvalue weighted by Crippen LogP contribution is -2.39. The van der Waals surface area contributed by atoms with Crippen LogP contribution in [-0.2, 0) is 6.54 Å². The molecular formula is C14H21BrFN3. The molecule has 0 spiro atoms. The summed E-state index contributed by atoms with van der Waals surface area (Å²) in [7, 11) is 0. The van der Waals surface area contributed by atoms with Gasteiger partial charge in [0, 0.05) is 17.6 Å². The standard InChI is InChI=1S/C14H21BrFN3/c1-4-17-14(18-8-10(2)3)19-9-11-5-12(15)7-13(16)6-11/h5-7,10H,4,8-9H2,1-3H3,(H2,17,18,19). The van der Waals surface area contributed by atoms with Crippen LogP contribution in [0.4, 0.5) is 4.39 Å². The zero-order chi connectivity index (χ0) is 14.3. The van der Waals surface area contributed by atoms with Gasteiger partial charge in [0.25, 0.3) is 0 Å². The number of rotatable bonds is 5. The molecule has 1 aromatic rings. The van der Waals surface area contributed by atoms with Crippen molar-refractivity contribution in [2.75, 3.05) is 13.1 Å². The van der Waals surface area contributed by atoms with Gasteiger partial charge in [-0.3, -0.25) is 0 Å². The smallest absolute Gasteiger partial charge is 0.191 e. The number of halogens is 2. The van der Waals surface area contributed by atoms with Gasteiger partial charge in [-0.05, 0) is 36.6 Å². The first-order valence-corrected chi connectivity index (χ1v) is 7.27. The summed E-state index contributed by atoms with van der Waals surface area (Å²) in [6.45, 7) is 8.41. The highest BCUT2D eigenvalue weighted by Gasteiger charge is 2.01. The summed E-state index contributed by atoms with van der Waals surface area (Å²) in [5, 5.41) is 6.42. The Morgan fingerprint density at radius 3 is 2.63 bits per heavy atom. The summed E-state index contributed by atoms with van der Waals surface area (Å²) in [4.78, 5) is 4.44. The van der Waals surface area contributed by atoms with Crippen molar-refractivity contribution in [2.45, 2.75) is 27.3 Å². The van der Waals surface area contributed by atoms with Crippen molar-refractivity contribution in [2.24, 2.45) is 10.9 Å². The summed E-state index contributed by atoms with van der Waals surface area (Å²) >= 11 is 3.28. The van der Waals surface area contributed by atoms with Gasteiger partial charge in [-0.1, -0.05) is 29.8 Å². The minimum absolute atomic E-state index is 0.250. The van der Waals surface area contributed by atoms with Crippen LogP contribution in [0.2, 0.25) is 0 Å². The molecule has 0 atom stereocenters. The van der Waals surface area contributed by atoms with Crippen LogP contribution >= 0.6 is 15.9 Å². The van der Waals surface area contributed by atoms with Gasteiger partial charge in [-0.25, -0.2) is 9.38 Å². The van der Waals surface area contributed by atoms with Crippen LogP contribution in [0.3, 0.4) is 0 Å². The molecule has 0 amide bonds. The minimum atomic E-state index is -0.250. The average molecular weight is 330 g/mol. The van der Waals surface area contributed by atoms with E-state index in [0.29, 0.717) is 12.5 Å². The Hall–Kier alpha value is -1.10. The number of nitrogens with zero attached hydrogens (tertiary/aromatic N) is 1. The van der Waals surface area contributed by atoms with Crippen molar-refractivity contribution in [3.05, 3.63) is 34.1 Å². The number of guanidine groups is 1. The van der Waals surface area contributed by atoms with Gasteiger partial charge in [0.15, 0.2) is 5.96 Å². The van der Waals surface area contributed by atoms with Crippen LogP contribution in [-0.4, -0.2) is 19.0 Å². The van der Waals surface area contributed by atoms with E-state index in [1.54, 1.807) is 0 Å². The Morgan fingerprint density at radius 1 is 1.32 bits per heavy atom. The first-order valence-electron chi connectivity index (χ1n) is 6.48. The fourth-order valence-corrected chi connectivity index (χ4v) is 2.03. The maximum atomic E-state index is 13.2. The predicted octanol–water partition coefficient (Wildman–Crippen LogP) is 3.30.